The summed E-state index contributed by atoms with van der Waals surface area (Å²) in [7, 11) is 0. The minimum atomic E-state index is -0.929. The first-order chi connectivity index (χ1) is 7.25. The summed E-state index contributed by atoms with van der Waals surface area (Å²) in [6, 6.07) is 0. The van der Waals surface area contributed by atoms with Crippen LogP contribution >= 0.6 is 0 Å². The van der Waals surface area contributed by atoms with Gasteiger partial charge < -0.3 is 4.74 Å². The van der Waals surface area contributed by atoms with Crippen molar-refractivity contribution in [1.29, 1.82) is 0 Å². The first-order valence-corrected chi connectivity index (χ1v) is 6.06. The summed E-state index contributed by atoms with van der Waals surface area (Å²) in [5, 5.41) is 0. The van der Waals surface area contributed by atoms with E-state index in [1.54, 1.807) is 0 Å². The Morgan fingerprint density at radius 2 is 1.87 bits per heavy atom. The van der Waals surface area contributed by atoms with Gasteiger partial charge in [-0.3, -0.25) is 4.79 Å². The largest absolute Gasteiger partial charge is 0.465 e. The lowest BCUT2D eigenvalue weighted by atomic mass is 10.1. The Hall–Kier alpha value is -0.600. The fourth-order valence-electron chi connectivity index (χ4n) is 1.57. The van der Waals surface area contributed by atoms with E-state index in [0.717, 1.165) is 12.8 Å². The number of alkyl halides is 1. The first kappa shape index (κ1) is 12.5. The Balaban J connectivity index is 1.82. The zero-order valence-electron chi connectivity index (χ0n) is 9.51. The van der Waals surface area contributed by atoms with Crippen molar-refractivity contribution >= 4 is 5.97 Å². The molecule has 2 nitrogen and oxygen atoms in total. The second-order valence-electron chi connectivity index (χ2n) is 4.29. The molecule has 1 aliphatic rings. The lowest BCUT2D eigenvalue weighted by Gasteiger charge is -2.03. The molecule has 0 heterocycles. The van der Waals surface area contributed by atoms with Gasteiger partial charge in [-0.25, -0.2) is 4.39 Å². The topological polar surface area (TPSA) is 26.3 Å². The van der Waals surface area contributed by atoms with Crippen LogP contribution in [0.5, 0.6) is 0 Å². The monoisotopic (exact) mass is 216 g/mol. The van der Waals surface area contributed by atoms with Crippen LogP contribution in [0.4, 0.5) is 4.39 Å². The Morgan fingerprint density at radius 1 is 1.27 bits per heavy atom. The van der Waals surface area contributed by atoms with Crippen LogP contribution in [0, 0.1) is 5.92 Å². The van der Waals surface area contributed by atoms with Gasteiger partial charge in [0, 0.05) is 0 Å². The predicted octanol–water partition coefficient (Wildman–Crippen LogP) is 3.25. The van der Waals surface area contributed by atoms with E-state index in [0.29, 0.717) is 13.0 Å². The van der Waals surface area contributed by atoms with E-state index in [1.165, 1.54) is 25.7 Å². The molecule has 0 bridgehead atoms. The average Bonchev–Trinajstić information content (AvgIpc) is 2.94. The van der Waals surface area contributed by atoms with Gasteiger partial charge in [-0.15, -0.1) is 0 Å². The lowest BCUT2D eigenvalue weighted by molar-refractivity contribution is -0.145. The standard InChI is InChI=1S/C12H21FO2/c1-2-3-4-5-6-7-8-15-12(14)10-9-11(10)13/h10-11H,2-9H2,1H3/t10-,11+/m1/s1. The first-order valence-electron chi connectivity index (χ1n) is 6.06. The van der Waals surface area contributed by atoms with Gasteiger partial charge in [-0.1, -0.05) is 39.0 Å². The van der Waals surface area contributed by atoms with E-state index in [1.807, 2.05) is 0 Å². The molecule has 15 heavy (non-hydrogen) atoms. The van der Waals surface area contributed by atoms with Crippen molar-refractivity contribution in [2.24, 2.45) is 5.92 Å². The molecule has 0 amide bonds. The molecule has 0 aromatic rings. The number of ether oxygens (including phenoxy) is 1. The maximum Gasteiger partial charge on any atom is 0.312 e. The summed E-state index contributed by atoms with van der Waals surface area (Å²) in [6.45, 7) is 2.65. The third-order valence-electron chi connectivity index (χ3n) is 2.76. The zero-order valence-corrected chi connectivity index (χ0v) is 9.51. The molecular formula is C12H21FO2. The van der Waals surface area contributed by atoms with Crippen LogP contribution in [0.1, 0.15) is 51.9 Å². The van der Waals surface area contributed by atoms with Crippen molar-refractivity contribution < 1.29 is 13.9 Å². The molecule has 0 aliphatic heterocycles. The van der Waals surface area contributed by atoms with E-state index in [9.17, 15) is 9.18 Å². The number of rotatable bonds is 8. The molecule has 1 aliphatic carbocycles. The Kier molecular flexibility index (Phi) is 5.66. The van der Waals surface area contributed by atoms with Crippen molar-refractivity contribution in [1.82, 2.24) is 0 Å². The number of carbonyl (C=O) groups is 1. The van der Waals surface area contributed by atoms with Crippen LogP contribution in [0.15, 0.2) is 0 Å². The van der Waals surface area contributed by atoms with Crippen molar-refractivity contribution in [2.75, 3.05) is 6.61 Å². The summed E-state index contributed by atoms with van der Waals surface area (Å²) in [5.74, 6) is -0.777. The average molecular weight is 216 g/mol. The molecule has 0 aromatic carbocycles. The molecule has 1 fully saturated rings. The highest BCUT2D eigenvalue weighted by Crippen LogP contribution is 2.34. The van der Waals surface area contributed by atoms with Gasteiger partial charge in [-0.05, 0) is 12.8 Å². The number of hydrogen-bond acceptors (Lipinski definition) is 2. The number of hydrogen-bond donors (Lipinski definition) is 0. The Labute approximate surface area is 91.2 Å². The summed E-state index contributed by atoms with van der Waals surface area (Å²) >= 11 is 0. The second-order valence-corrected chi connectivity index (χ2v) is 4.29. The molecular weight excluding hydrogens is 195 g/mol. The van der Waals surface area contributed by atoms with Crippen LogP contribution in [0.25, 0.3) is 0 Å². The van der Waals surface area contributed by atoms with Gasteiger partial charge in [0.25, 0.3) is 0 Å². The SMILES string of the molecule is CCCCCCCCOC(=O)[C@@H]1C[C@@H]1F. The molecule has 3 heteroatoms. The van der Waals surface area contributed by atoms with Crippen molar-refractivity contribution in [2.45, 2.75) is 58.0 Å². The van der Waals surface area contributed by atoms with E-state index >= 15 is 0 Å². The highest BCUT2D eigenvalue weighted by atomic mass is 19.1. The summed E-state index contributed by atoms with van der Waals surface area (Å²) in [6.07, 6.45) is 6.47. The predicted molar refractivity (Wildman–Crippen MR) is 57.3 cm³/mol. The van der Waals surface area contributed by atoms with Crippen molar-refractivity contribution in [3.8, 4) is 0 Å². The van der Waals surface area contributed by atoms with Crippen molar-refractivity contribution in [3.63, 3.8) is 0 Å². The normalized spacial score (nSPS) is 23.9. The number of carbonyl (C=O) groups excluding carboxylic acids is 1. The van der Waals surface area contributed by atoms with Crippen LogP contribution < -0.4 is 0 Å². The smallest absolute Gasteiger partial charge is 0.312 e. The Morgan fingerprint density at radius 3 is 2.47 bits per heavy atom. The summed E-state index contributed by atoms with van der Waals surface area (Å²) < 4.78 is 17.4. The third-order valence-corrected chi connectivity index (χ3v) is 2.76. The zero-order chi connectivity index (χ0) is 11.1. The maximum absolute atomic E-state index is 12.4. The molecule has 0 saturated heterocycles. The van der Waals surface area contributed by atoms with Crippen LogP contribution in [0.3, 0.4) is 0 Å². The van der Waals surface area contributed by atoms with Gasteiger partial charge in [0.2, 0.25) is 0 Å². The molecule has 0 aromatic heterocycles. The van der Waals surface area contributed by atoms with Gasteiger partial charge in [0.15, 0.2) is 0 Å². The molecule has 2 atom stereocenters. The highest BCUT2D eigenvalue weighted by molar-refractivity contribution is 5.76. The summed E-state index contributed by atoms with van der Waals surface area (Å²) in [4.78, 5) is 11.1. The molecule has 88 valence electrons. The lowest BCUT2D eigenvalue weighted by Crippen LogP contribution is -2.09. The van der Waals surface area contributed by atoms with Crippen LogP contribution in [-0.4, -0.2) is 18.7 Å². The maximum atomic E-state index is 12.4. The minimum absolute atomic E-state index is 0.337. The van der Waals surface area contributed by atoms with E-state index < -0.39 is 12.1 Å². The quantitative estimate of drug-likeness (QED) is 0.460. The molecule has 0 N–H and O–H groups in total. The fraction of sp³-hybridized carbons (Fsp3) is 0.917. The third kappa shape index (κ3) is 5.14. The van der Waals surface area contributed by atoms with E-state index in [-0.39, 0.29) is 5.97 Å². The van der Waals surface area contributed by atoms with Crippen LogP contribution in [0.2, 0.25) is 0 Å². The highest BCUT2D eigenvalue weighted by Gasteiger charge is 2.44. The molecule has 0 spiro atoms. The van der Waals surface area contributed by atoms with Gasteiger partial charge in [-0.2, -0.15) is 0 Å². The minimum Gasteiger partial charge on any atom is -0.465 e. The van der Waals surface area contributed by atoms with E-state index in [4.69, 9.17) is 4.74 Å². The van der Waals surface area contributed by atoms with Crippen LogP contribution in [-0.2, 0) is 9.53 Å². The molecule has 0 unspecified atom stereocenters. The molecule has 1 rings (SSSR count). The number of unbranched alkanes of at least 4 members (excludes halogenated alkanes) is 5. The number of halogens is 1. The second kappa shape index (κ2) is 6.81. The molecule has 1 saturated carbocycles. The Bertz CT molecular complexity index is 194. The summed E-state index contributed by atoms with van der Waals surface area (Å²) in [5.41, 5.74) is 0. The molecule has 0 radical (unpaired) electrons. The van der Waals surface area contributed by atoms with Gasteiger partial charge >= 0.3 is 5.97 Å². The van der Waals surface area contributed by atoms with Gasteiger partial charge in [0.1, 0.15) is 6.17 Å². The van der Waals surface area contributed by atoms with Crippen molar-refractivity contribution in [3.05, 3.63) is 0 Å². The van der Waals surface area contributed by atoms with E-state index in [2.05, 4.69) is 6.92 Å². The number of esters is 1. The van der Waals surface area contributed by atoms with Gasteiger partial charge in [0.05, 0.1) is 12.5 Å². The fourth-order valence-corrected chi connectivity index (χ4v) is 1.57.